The number of allylic oxidation sites excluding steroid dienone is 4. The number of hydrogen-bond donors (Lipinski definition) is 5. The minimum absolute atomic E-state index is 0.215. The van der Waals surface area contributed by atoms with Crippen molar-refractivity contribution in [1.82, 2.24) is 0 Å². The number of carbonyl (C=O) groups excluding carboxylic acids is 1. The number of benzene rings is 2. The van der Waals surface area contributed by atoms with Crippen LogP contribution in [0.2, 0.25) is 0 Å². The largest absolute Gasteiger partial charge is 0.507 e. The van der Waals surface area contributed by atoms with E-state index in [0.717, 1.165) is 36.4 Å². The summed E-state index contributed by atoms with van der Waals surface area (Å²) in [6, 6.07) is 7.31. The summed E-state index contributed by atoms with van der Waals surface area (Å²) >= 11 is 0. The van der Waals surface area contributed by atoms with E-state index in [1.54, 1.807) is 0 Å². The van der Waals surface area contributed by atoms with Gasteiger partial charge in [0.05, 0.1) is 0 Å². The Balaban J connectivity index is 2.38. The molecule has 1 aliphatic rings. The van der Waals surface area contributed by atoms with Crippen LogP contribution >= 0.6 is 0 Å². The lowest BCUT2D eigenvalue weighted by atomic mass is 9.87. The highest BCUT2D eigenvalue weighted by Crippen LogP contribution is 2.35. The predicted molar refractivity (Wildman–Crippen MR) is 108 cm³/mol. The van der Waals surface area contributed by atoms with Crippen molar-refractivity contribution in [3.63, 3.8) is 0 Å². The Bertz CT molecular complexity index is 1180. The highest BCUT2D eigenvalue weighted by atomic mass is 16.4. The maximum atomic E-state index is 11.5. The van der Waals surface area contributed by atoms with E-state index in [0.29, 0.717) is 0 Å². The van der Waals surface area contributed by atoms with Crippen molar-refractivity contribution in [2.45, 2.75) is 0 Å². The van der Waals surface area contributed by atoms with Crippen molar-refractivity contribution in [3.8, 4) is 11.5 Å². The number of aromatic hydroxyl groups is 2. The SMILES string of the molecule is O=C(O)C1=CC(=C(c2ccc(O)c(C(=O)O)c2)c2ccc(O)c(C(=O)O)c2)C=CC1=[OH+]. The zero-order valence-corrected chi connectivity index (χ0v) is 15.6. The molecule has 0 spiro atoms. The van der Waals surface area contributed by atoms with Crippen molar-refractivity contribution in [2.24, 2.45) is 0 Å². The van der Waals surface area contributed by atoms with Crippen molar-refractivity contribution in [1.29, 1.82) is 0 Å². The fourth-order valence-corrected chi connectivity index (χ4v) is 3.09. The number of hydrogen-bond acceptors (Lipinski definition) is 5. The minimum atomic E-state index is -1.41. The first-order valence-corrected chi connectivity index (χ1v) is 8.67. The van der Waals surface area contributed by atoms with Gasteiger partial charge in [-0.25, -0.2) is 14.4 Å². The van der Waals surface area contributed by atoms with Crippen LogP contribution in [-0.4, -0.2) is 54.0 Å². The highest BCUT2D eigenvalue weighted by molar-refractivity contribution is 6.23. The smallest absolute Gasteiger partial charge is 0.354 e. The van der Waals surface area contributed by atoms with Gasteiger partial charge in [-0.3, -0.25) is 4.79 Å². The topological polar surface area (TPSA) is 174 Å². The molecule has 9 nitrogen and oxygen atoms in total. The van der Waals surface area contributed by atoms with E-state index < -0.39 is 51.9 Å². The van der Waals surface area contributed by atoms with E-state index in [9.17, 15) is 44.7 Å². The van der Waals surface area contributed by atoms with Gasteiger partial charge in [-0.2, -0.15) is 0 Å². The van der Waals surface area contributed by atoms with Crippen molar-refractivity contribution < 1.29 is 44.7 Å². The fraction of sp³-hybridized carbons (Fsp3) is 0. The summed E-state index contributed by atoms with van der Waals surface area (Å²) in [4.78, 5) is 44.2. The standard InChI is InChI=1S/C22H14O9/c23-16-4-1-10(7-13(16)20(26)27)19(11-2-5-17(24)14(8-11)21(28)29)12-3-6-18(25)15(9-12)22(30)31/h1-9,23-24H,(H,26,27)(H,28,29)(H,30,31)/p+1. The molecule has 3 rings (SSSR count). The third-order valence-corrected chi connectivity index (χ3v) is 4.55. The molecule has 0 unspecified atom stereocenters. The van der Waals surface area contributed by atoms with Crippen LogP contribution in [0.3, 0.4) is 0 Å². The number of carboxylic acids is 3. The van der Waals surface area contributed by atoms with E-state index in [1.807, 2.05) is 0 Å². The molecular formula is C22H15O9+. The molecule has 2 aromatic carbocycles. The summed E-state index contributed by atoms with van der Waals surface area (Å²) in [6.45, 7) is 0. The molecular weight excluding hydrogens is 408 g/mol. The Kier molecular flexibility index (Phi) is 5.43. The lowest BCUT2D eigenvalue weighted by Gasteiger charge is -2.16. The van der Waals surface area contributed by atoms with Gasteiger partial charge in [0.1, 0.15) is 22.6 Å². The number of phenols is 2. The first-order valence-electron chi connectivity index (χ1n) is 8.67. The number of rotatable bonds is 5. The van der Waals surface area contributed by atoms with Gasteiger partial charge in [-0.05, 0) is 58.7 Å². The van der Waals surface area contributed by atoms with Crippen LogP contribution in [0, 0.1) is 0 Å². The zero-order valence-electron chi connectivity index (χ0n) is 15.6. The van der Waals surface area contributed by atoms with Gasteiger partial charge in [-0.15, -0.1) is 0 Å². The van der Waals surface area contributed by atoms with Crippen molar-refractivity contribution >= 4 is 29.3 Å². The Morgan fingerprint density at radius 3 is 1.61 bits per heavy atom. The van der Waals surface area contributed by atoms with E-state index in [-0.39, 0.29) is 22.3 Å². The van der Waals surface area contributed by atoms with E-state index in [2.05, 4.69) is 0 Å². The molecule has 0 saturated heterocycles. The van der Waals surface area contributed by atoms with E-state index >= 15 is 0 Å². The number of aliphatic carboxylic acids is 1. The lowest BCUT2D eigenvalue weighted by Crippen LogP contribution is -2.13. The van der Waals surface area contributed by atoms with Crippen LogP contribution < -0.4 is 0 Å². The van der Waals surface area contributed by atoms with Crippen LogP contribution in [0.5, 0.6) is 11.5 Å². The van der Waals surface area contributed by atoms with Gasteiger partial charge < -0.3 is 25.5 Å². The molecule has 156 valence electrons. The monoisotopic (exact) mass is 423 g/mol. The normalized spacial score (nSPS) is 13.0. The summed E-state index contributed by atoms with van der Waals surface area (Å²) < 4.78 is 0. The van der Waals surface area contributed by atoms with Gasteiger partial charge in [-0.1, -0.05) is 12.1 Å². The summed E-state index contributed by atoms with van der Waals surface area (Å²) in [6.07, 6.45) is 3.65. The second kappa shape index (κ2) is 7.99. The minimum Gasteiger partial charge on any atom is -0.507 e. The van der Waals surface area contributed by atoms with Gasteiger partial charge >= 0.3 is 23.7 Å². The quantitative estimate of drug-likeness (QED) is 0.360. The predicted octanol–water partition coefficient (Wildman–Crippen LogP) is 2.42. The summed E-state index contributed by atoms with van der Waals surface area (Å²) in [5.41, 5.74) is -0.399. The van der Waals surface area contributed by atoms with Gasteiger partial charge in [0.15, 0.2) is 5.57 Å². The molecule has 0 saturated carbocycles. The lowest BCUT2D eigenvalue weighted by molar-refractivity contribution is -0.132. The number of aromatic carboxylic acids is 2. The van der Waals surface area contributed by atoms with Gasteiger partial charge in [0.2, 0.25) is 0 Å². The zero-order chi connectivity index (χ0) is 22.9. The van der Waals surface area contributed by atoms with Crippen LogP contribution in [-0.2, 0) is 4.79 Å². The molecule has 0 radical (unpaired) electrons. The van der Waals surface area contributed by atoms with Crippen LogP contribution in [0.1, 0.15) is 31.8 Å². The van der Waals surface area contributed by atoms with E-state index in [4.69, 9.17) is 0 Å². The summed E-state index contributed by atoms with van der Waals surface area (Å²) in [5, 5.41) is 47.6. The summed E-state index contributed by atoms with van der Waals surface area (Å²) in [5.74, 6) is -5.72. The second-order valence-corrected chi connectivity index (χ2v) is 6.49. The van der Waals surface area contributed by atoms with Crippen LogP contribution in [0.15, 0.2) is 65.8 Å². The molecule has 0 atom stereocenters. The maximum absolute atomic E-state index is 11.5. The van der Waals surface area contributed by atoms with Crippen molar-refractivity contribution in [2.75, 3.05) is 0 Å². The number of carbonyl (C=O) groups is 3. The maximum Gasteiger partial charge on any atom is 0.354 e. The Labute approximate surface area is 174 Å². The molecule has 0 heterocycles. The molecule has 9 heteroatoms. The van der Waals surface area contributed by atoms with Crippen LogP contribution in [0.4, 0.5) is 0 Å². The van der Waals surface area contributed by atoms with Crippen molar-refractivity contribution in [3.05, 3.63) is 88.0 Å². The van der Waals surface area contributed by atoms with Gasteiger partial charge in [0.25, 0.3) is 0 Å². The average Bonchev–Trinajstić information content (AvgIpc) is 2.71. The average molecular weight is 423 g/mol. The molecule has 0 aromatic heterocycles. The molecule has 2 aromatic rings. The third-order valence-electron chi connectivity index (χ3n) is 4.55. The number of carboxylic acid groups (broad SMARTS) is 3. The molecule has 0 bridgehead atoms. The van der Waals surface area contributed by atoms with Gasteiger partial charge in [0, 0.05) is 6.08 Å². The van der Waals surface area contributed by atoms with E-state index in [1.165, 1.54) is 18.2 Å². The molecule has 0 fully saturated rings. The summed E-state index contributed by atoms with van der Waals surface area (Å²) in [7, 11) is 0. The molecule has 6 N–H and O–H groups in total. The van der Waals surface area contributed by atoms with Crippen LogP contribution in [0.25, 0.3) is 5.57 Å². The third kappa shape index (κ3) is 4.06. The Hall–Kier alpha value is -4.66. The highest BCUT2D eigenvalue weighted by Gasteiger charge is 2.26. The Morgan fingerprint density at radius 1 is 0.710 bits per heavy atom. The fourth-order valence-electron chi connectivity index (χ4n) is 3.09. The number of ketones is 1. The molecule has 0 amide bonds. The second-order valence-electron chi connectivity index (χ2n) is 6.49. The molecule has 31 heavy (non-hydrogen) atoms. The molecule has 1 aliphatic carbocycles. The first-order chi connectivity index (χ1) is 14.6. The first kappa shape index (κ1) is 21.1. The Morgan fingerprint density at radius 2 is 1.19 bits per heavy atom. The molecule has 0 aliphatic heterocycles.